The van der Waals surface area contributed by atoms with E-state index in [2.05, 4.69) is 36.3 Å². The van der Waals surface area contributed by atoms with Gasteiger partial charge in [0.05, 0.1) is 6.54 Å². The number of nitrogens with zero attached hydrogens (tertiary/aromatic N) is 3. The highest BCUT2D eigenvalue weighted by Gasteiger charge is 2.07. The van der Waals surface area contributed by atoms with Crippen LogP contribution < -0.4 is 5.32 Å². The molecule has 0 spiro atoms. The van der Waals surface area contributed by atoms with Crippen molar-refractivity contribution in [2.75, 3.05) is 6.54 Å². The summed E-state index contributed by atoms with van der Waals surface area (Å²) in [6, 6.07) is 5.95. The fourth-order valence-electron chi connectivity index (χ4n) is 2.33. The Balaban J connectivity index is 1.87. The lowest BCUT2D eigenvalue weighted by molar-refractivity contribution is 0.411. The second-order valence-electron chi connectivity index (χ2n) is 5.41. The average Bonchev–Trinajstić information content (AvgIpc) is 2.72. The molecule has 2 aromatic rings. The molecule has 0 saturated heterocycles. The smallest absolute Gasteiger partial charge is 0.160 e. The Labute approximate surface area is 108 Å². The van der Waals surface area contributed by atoms with E-state index in [1.165, 1.54) is 6.42 Å². The SMILES string of the molecule is CC(C)CC(C)CNCc1nnc2ccccn12. The molecule has 0 aromatic carbocycles. The summed E-state index contributed by atoms with van der Waals surface area (Å²) in [5, 5.41) is 11.8. The quantitative estimate of drug-likeness (QED) is 0.851. The minimum Gasteiger partial charge on any atom is -0.310 e. The van der Waals surface area contributed by atoms with Gasteiger partial charge in [0, 0.05) is 6.20 Å². The van der Waals surface area contributed by atoms with Crippen LogP contribution in [0.5, 0.6) is 0 Å². The Kier molecular flexibility index (Phi) is 4.31. The lowest BCUT2D eigenvalue weighted by atomic mass is 9.99. The van der Waals surface area contributed by atoms with Gasteiger partial charge in [-0.3, -0.25) is 4.40 Å². The molecule has 0 aliphatic heterocycles. The molecule has 0 fully saturated rings. The van der Waals surface area contributed by atoms with Crippen LogP contribution in [0.3, 0.4) is 0 Å². The molecule has 1 unspecified atom stereocenters. The van der Waals surface area contributed by atoms with Crippen molar-refractivity contribution in [3.05, 3.63) is 30.2 Å². The second-order valence-corrected chi connectivity index (χ2v) is 5.41. The summed E-state index contributed by atoms with van der Waals surface area (Å²) >= 11 is 0. The van der Waals surface area contributed by atoms with E-state index < -0.39 is 0 Å². The minimum atomic E-state index is 0.698. The standard InChI is InChI=1S/C14H22N4/c1-11(2)8-12(3)9-15-10-14-17-16-13-6-4-5-7-18(13)14/h4-7,11-12,15H,8-10H2,1-3H3. The summed E-state index contributed by atoms with van der Waals surface area (Å²) in [6.07, 6.45) is 3.26. The zero-order chi connectivity index (χ0) is 13.0. The van der Waals surface area contributed by atoms with Gasteiger partial charge in [0.25, 0.3) is 0 Å². The third-order valence-electron chi connectivity index (χ3n) is 3.03. The molecule has 0 saturated carbocycles. The molecule has 2 rings (SSSR count). The van der Waals surface area contributed by atoms with Gasteiger partial charge in [-0.1, -0.05) is 26.8 Å². The van der Waals surface area contributed by atoms with E-state index in [0.29, 0.717) is 5.92 Å². The van der Waals surface area contributed by atoms with Crippen LogP contribution in [0.15, 0.2) is 24.4 Å². The molecule has 1 N–H and O–H groups in total. The zero-order valence-electron chi connectivity index (χ0n) is 11.4. The molecule has 2 heterocycles. The summed E-state index contributed by atoms with van der Waals surface area (Å²) in [5.41, 5.74) is 0.907. The fourth-order valence-corrected chi connectivity index (χ4v) is 2.33. The van der Waals surface area contributed by atoms with Gasteiger partial charge in [0.15, 0.2) is 11.5 Å². The van der Waals surface area contributed by atoms with Crippen molar-refractivity contribution in [3.63, 3.8) is 0 Å². The Morgan fingerprint density at radius 2 is 2.06 bits per heavy atom. The van der Waals surface area contributed by atoms with E-state index in [9.17, 15) is 0 Å². The Morgan fingerprint density at radius 1 is 1.22 bits per heavy atom. The number of aromatic nitrogens is 3. The summed E-state index contributed by atoms with van der Waals surface area (Å²) in [7, 11) is 0. The minimum absolute atomic E-state index is 0.698. The van der Waals surface area contributed by atoms with Crippen molar-refractivity contribution in [3.8, 4) is 0 Å². The first-order chi connectivity index (χ1) is 8.66. The van der Waals surface area contributed by atoms with Crippen molar-refractivity contribution < 1.29 is 0 Å². The highest BCUT2D eigenvalue weighted by Crippen LogP contribution is 2.10. The van der Waals surface area contributed by atoms with Gasteiger partial charge < -0.3 is 5.32 Å². The van der Waals surface area contributed by atoms with Crippen LogP contribution in [0.2, 0.25) is 0 Å². The van der Waals surface area contributed by atoms with Gasteiger partial charge in [-0.25, -0.2) is 0 Å². The maximum Gasteiger partial charge on any atom is 0.160 e. The predicted molar refractivity (Wildman–Crippen MR) is 73.3 cm³/mol. The topological polar surface area (TPSA) is 42.2 Å². The van der Waals surface area contributed by atoms with Crippen molar-refractivity contribution in [2.45, 2.75) is 33.7 Å². The molecular formula is C14H22N4. The monoisotopic (exact) mass is 246 g/mol. The first-order valence-electron chi connectivity index (χ1n) is 6.66. The van der Waals surface area contributed by atoms with Crippen LogP contribution in [0.25, 0.3) is 5.65 Å². The van der Waals surface area contributed by atoms with Crippen LogP contribution >= 0.6 is 0 Å². The Bertz CT molecular complexity index is 489. The van der Waals surface area contributed by atoms with Gasteiger partial charge in [0.2, 0.25) is 0 Å². The lowest BCUT2D eigenvalue weighted by Crippen LogP contribution is -2.22. The van der Waals surface area contributed by atoms with E-state index in [4.69, 9.17) is 0 Å². The van der Waals surface area contributed by atoms with Crippen molar-refractivity contribution in [2.24, 2.45) is 11.8 Å². The number of nitrogens with one attached hydrogen (secondary N) is 1. The van der Waals surface area contributed by atoms with Crippen molar-refractivity contribution in [1.29, 1.82) is 0 Å². The molecule has 0 aliphatic carbocycles. The highest BCUT2D eigenvalue weighted by atomic mass is 15.3. The Morgan fingerprint density at radius 3 is 2.83 bits per heavy atom. The normalized spacial score (nSPS) is 13.3. The largest absolute Gasteiger partial charge is 0.310 e. The Hall–Kier alpha value is -1.42. The first kappa shape index (κ1) is 13.0. The van der Waals surface area contributed by atoms with Crippen molar-refractivity contribution >= 4 is 5.65 Å². The third-order valence-corrected chi connectivity index (χ3v) is 3.03. The number of rotatable bonds is 6. The lowest BCUT2D eigenvalue weighted by Gasteiger charge is -2.14. The van der Waals surface area contributed by atoms with Gasteiger partial charge in [-0.2, -0.15) is 0 Å². The second kappa shape index (κ2) is 5.96. The molecule has 0 radical (unpaired) electrons. The maximum absolute atomic E-state index is 4.20. The van der Waals surface area contributed by atoms with Crippen LogP contribution in [0, 0.1) is 11.8 Å². The number of pyridine rings is 1. The van der Waals surface area contributed by atoms with Gasteiger partial charge in [0.1, 0.15) is 0 Å². The zero-order valence-corrected chi connectivity index (χ0v) is 11.4. The average molecular weight is 246 g/mol. The molecule has 0 bridgehead atoms. The molecule has 18 heavy (non-hydrogen) atoms. The van der Waals surface area contributed by atoms with E-state index in [1.807, 2.05) is 28.8 Å². The number of fused-ring (bicyclic) bond motifs is 1. The van der Waals surface area contributed by atoms with E-state index >= 15 is 0 Å². The van der Waals surface area contributed by atoms with Crippen LogP contribution in [-0.4, -0.2) is 21.1 Å². The van der Waals surface area contributed by atoms with E-state index in [1.54, 1.807) is 0 Å². The first-order valence-corrected chi connectivity index (χ1v) is 6.66. The summed E-state index contributed by atoms with van der Waals surface area (Å²) < 4.78 is 2.03. The van der Waals surface area contributed by atoms with Crippen LogP contribution in [0.1, 0.15) is 33.0 Å². The highest BCUT2D eigenvalue weighted by molar-refractivity contribution is 5.36. The third kappa shape index (κ3) is 3.29. The number of hydrogen-bond donors (Lipinski definition) is 1. The molecule has 0 aliphatic rings. The summed E-state index contributed by atoms with van der Waals surface area (Å²) in [6.45, 7) is 8.62. The summed E-state index contributed by atoms with van der Waals surface area (Å²) in [4.78, 5) is 0. The van der Waals surface area contributed by atoms with Crippen LogP contribution in [-0.2, 0) is 6.54 Å². The van der Waals surface area contributed by atoms with E-state index in [0.717, 1.165) is 30.5 Å². The maximum atomic E-state index is 4.20. The van der Waals surface area contributed by atoms with Gasteiger partial charge in [-0.05, 0) is 36.9 Å². The van der Waals surface area contributed by atoms with E-state index in [-0.39, 0.29) is 0 Å². The molecule has 4 heteroatoms. The molecular weight excluding hydrogens is 224 g/mol. The van der Waals surface area contributed by atoms with Gasteiger partial charge >= 0.3 is 0 Å². The molecule has 98 valence electrons. The molecule has 2 aromatic heterocycles. The van der Waals surface area contributed by atoms with Gasteiger partial charge in [-0.15, -0.1) is 10.2 Å². The predicted octanol–water partition coefficient (Wildman–Crippen LogP) is 2.50. The van der Waals surface area contributed by atoms with Crippen LogP contribution in [0.4, 0.5) is 0 Å². The molecule has 4 nitrogen and oxygen atoms in total. The molecule has 0 amide bonds. The summed E-state index contributed by atoms with van der Waals surface area (Å²) in [5.74, 6) is 2.43. The fraction of sp³-hybridized carbons (Fsp3) is 0.571. The number of hydrogen-bond acceptors (Lipinski definition) is 3. The molecule has 1 atom stereocenters. The van der Waals surface area contributed by atoms with Crippen molar-refractivity contribution in [1.82, 2.24) is 19.9 Å².